The van der Waals surface area contributed by atoms with E-state index in [4.69, 9.17) is 0 Å². The average molecular weight is 381 g/mol. The second-order valence-corrected chi connectivity index (χ2v) is 7.75. The van der Waals surface area contributed by atoms with E-state index in [1.165, 1.54) is 30.5 Å². The van der Waals surface area contributed by atoms with E-state index in [1.807, 2.05) is 12.1 Å². The Morgan fingerprint density at radius 2 is 1.79 bits per heavy atom. The molecule has 2 aromatic carbocycles. The van der Waals surface area contributed by atoms with E-state index in [9.17, 15) is 9.90 Å². The highest BCUT2D eigenvalue weighted by molar-refractivity contribution is 5.79. The SMILES string of the molecule is CCCC(Cc1ccccc1N1CCCCC1)C(=O)NCc1ccc(O)cc1. The third-order valence-corrected chi connectivity index (χ3v) is 5.57. The zero-order valence-electron chi connectivity index (χ0n) is 16.9. The summed E-state index contributed by atoms with van der Waals surface area (Å²) in [5.74, 6) is 0.338. The average Bonchev–Trinajstić information content (AvgIpc) is 2.74. The largest absolute Gasteiger partial charge is 0.508 e. The Morgan fingerprint density at radius 3 is 2.50 bits per heavy atom. The molecule has 4 heteroatoms. The van der Waals surface area contributed by atoms with Crippen LogP contribution < -0.4 is 10.2 Å². The number of nitrogens with zero attached hydrogens (tertiary/aromatic N) is 1. The molecule has 0 radical (unpaired) electrons. The molecule has 1 heterocycles. The fourth-order valence-electron chi connectivity index (χ4n) is 4.01. The van der Waals surface area contributed by atoms with Crippen LogP contribution in [0.1, 0.15) is 50.2 Å². The second-order valence-electron chi connectivity index (χ2n) is 7.75. The quantitative estimate of drug-likeness (QED) is 0.700. The number of para-hydroxylation sites is 1. The van der Waals surface area contributed by atoms with E-state index >= 15 is 0 Å². The topological polar surface area (TPSA) is 52.6 Å². The van der Waals surface area contributed by atoms with Crippen molar-refractivity contribution in [2.24, 2.45) is 5.92 Å². The number of phenolic OH excluding ortho intramolecular Hbond substituents is 1. The van der Waals surface area contributed by atoms with E-state index in [2.05, 4.69) is 41.4 Å². The number of rotatable bonds is 8. The van der Waals surface area contributed by atoms with Gasteiger partial charge in [0.1, 0.15) is 5.75 Å². The maximum Gasteiger partial charge on any atom is 0.223 e. The van der Waals surface area contributed by atoms with Gasteiger partial charge in [0.2, 0.25) is 5.91 Å². The third-order valence-electron chi connectivity index (χ3n) is 5.57. The Labute approximate surface area is 168 Å². The zero-order chi connectivity index (χ0) is 19.8. The van der Waals surface area contributed by atoms with Crippen LogP contribution in [0, 0.1) is 5.92 Å². The summed E-state index contributed by atoms with van der Waals surface area (Å²) in [4.78, 5) is 15.4. The van der Waals surface area contributed by atoms with Gasteiger partial charge in [-0.15, -0.1) is 0 Å². The van der Waals surface area contributed by atoms with Gasteiger partial charge in [-0.2, -0.15) is 0 Å². The van der Waals surface area contributed by atoms with Gasteiger partial charge in [0.25, 0.3) is 0 Å². The summed E-state index contributed by atoms with van der Waals surface area (Å²) in [6, 6.07) is 15.6. The van der Waals surface area contributed by atoms with Crippen LogP contribution in [0.3, 0.4) is 0 Å². The van der Waals surface area contributed by atoms with Crippen molar-refractivity contribution in [2.75, 3.05) is 18.0 Å². The van der Waals surface area contributed by atoms with Crippen molar-refractivity contribution < 1.29 is 9.90 Å². The highest BCUT2D eigenvalue weighted by Crippen LogP contribution is 2.27. The molecule has 3 rings (SSSR count). The van der Waals surface area contributed by atoms with Gasteiger partial charge in [-0.1, -0.05) is 43.7 Å². The molecule has 0 spiro atoms. The molecular formula is C24H32N2O2. The smallest absolute Gasteiger partial charge is 0.223 e. The third kappa shape index (κ3) is 5.51. The fourth-order valence-corrected chi connectivity index (χ4v) is 4.01. The molecule has 1 unspecified atom stereocenters. The first-order chi connectivity index (χ1) is 13.7. The molecule has 4 nitrogen and oxygen atoms in total. The summed E-state index contributed by atoms with van der Waals surface area (Å²) < 4.78 is 0. The predicted molar refractivity (Wildman–Crippen MR) is 115 cm³/mol. The molecular weight excluding hydrogens is 348 g/mol. The normalized spacial score (nSPS) is 15.2. The van der Waals surface area contributed by atoms with Gasteiger partial charge < -0.3 is 15.3 Å². The van der Waals surface area contributed by atoms with Crippen molar-refractivity contribution in [1.82, 2.24) is 5.32 Å². The van der Waals surface area contributed by atoms with Crippen LogP contribution in [0.25, 0.3) is 0 Å². The van der Waals surface area contributed by atoms with Crippen molar-refractivity contribution in [1.29, 1.82) is 0 Å². The molecule has 0 saturated carbocycles. The Morgan fingerprint density at radius 1 is 1.07 bits per heavy atom. The minimum atomic E-state index is -0.0203. The molecule has 2 aromatic rings. The first kappa shape index (κ1) is 20.2. The van der Waals surface area contributed by atoms with Crippen molar-refractivity contribution >= 4 is 11.6 Å². The molecule has 2 N–H and O–H groups in total. The Balaban J connectivity index is 1.66. The fraction of sp³-hybridized carbons (Fsp3) is 0.458. The summed E-state index contributed by atoms with van der Waals surface area (Å²) in [6.07, 6.45) is 6.47. The number of piperidine rings is 1. The van der Waals surface area contributed by atoms with Crippen LogP contribution in [0.15, 0.2) is 48.5 Å². The van der Waals surface area contributed by atoms with Crippen LogP contribution in [0.5, 0.6) is 5.75 Å². The van der Waals surface area contributed by atoms with Gasteiger partial charge in [0.15, 0.2) is 0 Å². The van der Waals surface area contributed by atoms with Gasteiger partial charge >= 0.3 is 0 Å². The van der Waals surface area contributed by atoms with Gasteiger partial charge in [-0.25, -0.2) is 0 Å². The number of carbonyl (C=O) groups is 1. The number of amides is 1. The van der Waals surface area contributed by atoms with Crippen LogP contribution in [-0.2, 0) is 17.8 Å². The lowest BCUT2D eigenvalue weighted by Crippen LogP contribution is -2.33. The first-order valence-electron chi connectivity index (χ1n) is 10.6. The van der Waals surface area contributed by atoms with E-state index in [0.717, 1.165) is 37.9 Å². The van der Waals surface area contributed by atoms with Crippen LogP contribution in [0.4, 0.5) is 5.69 Å². The molecule has 1 amide bonds. The number of hydrogen-bond donors (Lipinski definition) is 2. The molecule has 1 atom stereocenters. The number of nitrogens with one attached hydrogen (secondary N) is 1. The summed E-state index contributed by atoms with van der Waals surface area (Å²) in [7, 11) is 0. The maximum atomic E-state index is 12.9. The Bertz CT molecular complexity index is 751. The van der Waals surface area contributed by atoms with Crippen molar-refractivity contribution in [2.45, 2.75) is 52.0 Å². The summed E-state index contributed by atoms with van der Waals surface area (Å²) in [5, 5.41) is 12.5. The summed E-state index contributed by atoms with van der Waals surface area (Å²) in [5.41, 5.74) is 3.58. The number of carbonyl (C=O) groups excluding carboxylic acids is 1. The van der Waals surface area contributed by atoms with Gasteiger partial charge in [0.05, 0.1) is 0 Å². The highest BCUT2D eigenvalue weighted by atomic mass is 16.3. The van der Waals surface area contributed by atoms with E-state index in [0.29, 0.717) is 6.54 Å². The van der Waals surface area contributed by atoms with E-state index in [1.54, 1.807) is 12.1 Å². The molecule has 1 aliphatic heterocycles. The predicted octanol–water partition coefficient (Wildman–Crippen LogP) is 4.66. The van der Waals surface area contributed by atoms with E-state index < -0.39 is 0 Å². The Hall–Kier alpha value is -2.49. The molecule has 1 saturated heterocycles. The molecule has 1 fully saturated rings. The zero-order valence-corrected chi connectivity index (χ0v) is 16.9. The van der Waals surface area contributed by atoms with Crippen LogP contribution in [0.2, 0.25) is 0 Å². The standard InChI is InChI=1S/C24H32N2O2/c1-2-8-21(24(28)25-18-19-11-13-22(27)14-12-19)17-20-9-4-5-10-23(20)26-15-6-3-7-16-26/h4-5,9-14,21,27H,2-3,6-8,15-18H2,1H3,(H,25,28). The number of anilines is 1. The maximum absolute atomic E-state index is 12.9. The highest BCUT2D eigenvalue weighted by Gasteiger charge is 2.21. The van der Waals surface area contributed by atoms with E-state index in [-0.39, 0.29) is 17.6 Å². The minimum absolute atomic E-state index is 0.0203. The summed E-state index contributed by atoms with van der Waals surface area (Å²) >= 11 is 0. The van der Waals surface area contributed by atoms with Crippen molar-refractivity contribution in [3.63, 3.8) is 0 Å². The van der Waals surface area contributed by atoms with Crippen molar-refractivity contribution in [3.05, 3.63) is 59.7 Å². The van der Waals surface area contributed by atoms with Gasteiger partial charge in [-0.3, -0.25) is 4.79 Å². The molecule has 150 valence electrons. The number of benzene rings is 2. The molecule has 1 aliphatic rings. The molecule has 0 aliphatic carbocycles. The lowest BCUT2D eigenvalue weighted by Gasteiger charge is -2.31. The number of hydrogen-bond acceptors (Lipinski definition) is 3. The molecule has 0 bridgehead atoms. The summed E-state index contributed by atoms with van der Waals surface area (Å²) in [6.45, 7) is 4.86. The Kier molecular flexibility index (Phi) is 7.35. The molecule has 0 aromatic heterocycles. The molecule has 28 heavy (non-hydrogen) atoms. The number of aromatic hydroxyl groups is 1. The monoisotopic (exact) mass is 380 g/mol. The number of phenols is 1. The van der Waals surface area contributed by atoms with Gasteiger partial charge in [0, 0.05) is 31.2 Å². The van der Waals surface area contributed by atoms with Crippen LogP contribution >= 0.6 is 0 Å². The van der Waals surface area contributed by atoms with Gasteiger partial charge in [-0.05, 0) is 61.4 Å². The lowest BCUT2D eigenvalue weighted by molar-refractivity contribution is -0.125. The van der Waals surface area contributed by atoms with Crippen molar-refractivity contribution in [3.8, 4) is 5.75 Å². The second kappa shape index (κ2) is 10.2. The van der Waals surface area contributed by atoms with Crippen LogP contribution in [-0.4, -0.2) is 24.1 Å². The minimum Gasteiger partial charge on any atom is -0.508 e. The lowest BCUT2D eigenvalue weighted by atomic mass is 9.92. The first-order valence-corrected chi connectivity index (χ1v) is 10.6.